The molecule has 1 amide bonds. The summed E-state index contributed by atoms with van der Waals surface area (Å²) in [5.74, 6) is -0.627. The van der Waals surface area contributed by atoms with Gasteiger partial charge in [-0.15, -0.1) is 16.4 Å². The van der Waals surface area contributed by atoms with Crippen LogP contribution in [0, 0.1) is 5.82 Å². The minimum atomic E-state index is -0.357. The van der Waals surface area contributed by atoms with Crippen LogP contribution in [0.3, 0.4) is 0 Å². The van der Waals surface area contributed by atoms with E-state index in [2.05, 4.69) is 20.6 Å². The summed E-state index contributed by atoms with van der Waals surface area (Å²) in [6.45, 7) is 4.27. The van der Waals surface area contributed by atoms with E-state index >= 15 is 0 Å². The van der Waals surface area contributed by atoms with Crippen molar-refractivity contribution < 1.29 is 9.18 Å². The van der Waals surface area contributed by atoms with Crippen LogP contribution in [0.1, 0.15) is 35.3 Å². The highest BCUT2D eigenvalue weighted by Crippen LogP contribution is 2.27. The largest absolute Gasteiger partial charge is 0.346 e. The number of halogens is 1. The first-order valence-electron chi connectivity index (χ1n) is 7.44. The molecule has 2 aromatic heterocycles. The van der Waals surface area contributed by atoms with Crippen molar-refractivity contribution in [1.29, 1.82) is 0 Å². The molecular weight excluding hydrogens is 329 g/mol. The molecule has 0 unspecified atom stereocenters. The Balaban J connectivity index is 1.66. The zero-order chi connectivity index (χ0) is 17.1. The molecule has 8 heteroatoms. The first-order chi connectivity index (χ1) is 11.5. The van der Waals surface area contributed by atoms with E-state index in [4.69, 9.17) is 0 Å². The van der Waals surface area contributed by atoms with Crippen molar-refractivity contribution in [2.45, 2.75) is 26.4 Å². The first-order valence-corrected chi connectivity index (χ1v) is 8.26. The van der Waals surface area contributed by atoms with E-state index in [0.717, 1.165) is 11.3 Å². The second-order valence-electron chi connectivity index (χ2n) is 5.48. The number of carbonyl (C=O) groups excluding carboxylic acids is 1. The highest BCUT2D eigenvalue weighted by molar-refractivity contribution is 7.16. The van der Waals surface area contributed by atoms with Crippen LogP contribution in [0.2, 0.25) is 0 Å². The molecule has 3 rings (SSSR count). The molecule has 0 atom stereocenters. The Labute approximate surface area is 142 Å². The average Bonchev–Trinajstić information content (AvgIpc) is 3.22. The lowest BCUT2D eigenvalue weighted by Crippen LogP contribution is -2.22. The Morgan fingerprint density at radius 2 is 2.17 bits per heavy atom. The summed E-state index contributed by atoms with van der Waals surface area (Å²) >= 11 is 1.15. The molecule has 124 valence electrons. The molecule has 1 N–H and O–H groups in total. The molecule has 0 aliphatic heterocycles. The Hall–Kier alpha value is -2.61. The Morgan fingerprint density at radius 3 is 2.88 bits per heavy atom. The number of hydrogen-bond donors (Lipinski definition) is 1. The van der Waals surface area contributed by atoms with Gasteiger partial charge < -0.3 is 5.32 Å². The van der Waals surface area contributed by atoms with E-state index < -0.39 is 0 Å². The van der Waals surface area contributed by atoms with Gasteiger partial charge in [-0.2, -0.15) is 0 Å². The molecule has 1 aromatic carbocycles. The molecule has 0 bridgehead atoms. The van der Waals surface area contributed by atoms with Gasteiger partial charge in [0, 0.05) is 11.6 Å². The van der Waals surface area contributed by atoms with Crippen molar-refractivity contribution in [2.75, 3.05) is 0 Å². The number of nitrogens with zero attached hydrogens (tertiary/aromatic N) is 4. The van der Waals surface area contributed by atoms with E-state index in [1.165, 1.54) is 12.3 Å². The Bertz CT molecular complexity index is 858. The number of hydrogen-bond acceptors (Lipinski definition) is 5. The van der Waals surface area contributed by atoms with Crippen LogP contribution in [0.5, 0.6) is 0 Å². The number of amides is 1. The zero-order valence-electron chi connectivity index (χ0n) is 13.2. The highest BCUT2D eigenvalue weighted by Gasteiger charge is 2.14. The number of benzene rings is 1. The van der Waals surface area contributed by atoms with E-state index in [-0.39, 0.29) is 24.3 Å². The fraction of sp³-hybridized carbons (Fsp3) is 0.250. The fourth-order valence-electron chi connectivity index (χ4n) is 2.04. The van der Waals surface area contributed by atoms with Crippen molar-refractivity contribution in [3.8, 4) is 10.6 Å². The predicted octanol–water partition coefficient (Wildman–Crippen LogP) is 3.05. The number of carbonyl (C=O) groups is 1. The van der Waals surface area contributed by atoms with Crippen LogP contribution in [0.4, 0.5) is 4.39 Å². The van der Waals surface area contributed by atoms with Gasteiger partial charge >= 0.3 is 0 Å². The van der Waals surface area contributed by atoms with Crippen LogP contribution >= 0.6 is 11.3 Å². The number of aromatic nitrogens is 4. The highest BCUT2D eigenvalue weighted by atomic mass is 32.1. The van der Waals surface area contributed by atoms with Gasteiger partial charge in [-0.3, -0.25) is 4.79 Å². The lowest BCUT2D eigenvalue weighted by molar-refractivity contribution is 0.0954. The quantitative estimate of drug-likeness (QED) is 0.771. The molecular formula is C16H16FN5OS. The lowest BCUT2D eigenvalue weighted by Gasteiger charge is -2.02. The monoisotopic (exact) mass is 345 g/mol. The maximum atomic E-state index is 13.8. The molecule has 3 aromatic rings. The third-order valence-electron chi connectivity index (χ3n) is 3.35. The summed E-state index contributed by atoms with van der Waals surface area (Å²) in [5.41, 5.74) is 1.07. The van der Waals surface area contributed by atoms with Crippen molar-refractivity contribution >= 4 is 17.2 Å². The van der Waals surface area contributed by atoms with Crippen LogP contribution in [-0.2, 0) is 6.54 Å². The van der Waals surface area contributed by atoms with Gasteiger partial charge in [0.05, 0.1) is 18.9 Å². The van der Waals surface area contributed by atoms with E-state index in [0.29, 0.717) is 21.1 Å². The Kier molecular flexibility index (Phi) is 4.66. The van der Waals surface area contributed by atoms with Crippen LogP contribution in [0.25, 0.3) is 10.6 Å². The third kappa shape index (κ3) is 3.48. The molecule has 0 saturated carbocycles. The van der Waals surface area contributed by atoms with Gasteiger partial charge in [0.15, 0.2) is 0 Å². The molecule has 0 fully saturated rings. The molecule has 0 spiro atoms. The Morgan fingerprint density at radius 1 is 1.38 bits per heavy atom. The maximum absolute atomic E-state index is 13.8. The van der Waals surface area contributed by atoms with E-state index in [1.54, 1.807) is 29.1 Å². The van der Waals surface area contributed by atoms with Gasteiger partial charge in [-0.1, -0.05) is 17.3 Å². The van der Waals surface area contributed by atoms with Gasteiger partial charge in [0.1, 0.15) is 21.4 Å². The minimum absolute atomic E-state index is 0.215. The van der Waals surface area contributed by atoms with Crippen molar-refractivity contribution in [3.63, 3.8) is 0 Å². The summed E-state index contributed by atoms with van der Waals surface area (Å²) in [7, 11) is 0. The SMILES string of the molecule is CC(C)n1cc(CNC(=O)c2cnc(-c3ccccc3F)s2)nn1. The third-order valence-corrected chi connectivity index (χ3v) is 4.38. The second-order valence-corrected chi connectivity index (χ2v) is 6.51. The van der Waals surface area contributed by atoms with E-state index in [1.807, 2.05) is 13.8 Å². The second kappa shape index (κ2) is 6.88. The summed E-state index contributed by atoms with van der Waals surface area (Å²) in [5, 5.41) is 11.2. The standard InChI is InChI=1S/C16H16FN5OS/c1-10(2)22-9-11(20-21-22)7-18-15(23)14-8-19-16(24-14)12-5-3-4-6-13(12)17/h3-6,8-10H,7H2,1-2H3,(H,18,23). The van der Waals surface area contributed by atoms with Crippen molar-refractivity contribution in [2.24, 2.45) is 0 Å². The maximum Gasteiger partial charge on any atom is 0.263 e. The van der Waals surface area contributed by atoms with Gasteiger partial charge in [0.25, 0.3) is 5.91 Å². The molecule has 0 saturated heterocycles. The lowest BCUT2D eigenvalue weighted by atomic mass is 10.2. The summed E-state index contributed by atoms with van der Waals surface area (Å²) in [6, 6.07) is 6.57. The molecule has 6 nitrogen and oxygen atoms in total. The number of thiazole rings is 1. The molecule has 0 aliphatic carbocycles. The molecule has 24 heavy (non-hydrogen) atoms. The van der Waals surface area contributed by atoms with Crippen LogP contribution in [0.15, 0.2) is 36.7 Å². The molecule has 0 aliphatic rings. The number of nitrogens with one attached hydrogen (secondary N) is 1. The summed E-state index contributed by atoms with van der Waals surface area (Å²) in [4.78, 5) is 16.8. The summed E-state index contributed by atoms with van der Waals surface area (Å²) in [6.07, 6.45) is 3.25. The summed E-state index contributed by atoms with van der Waals surface area (Å²) < 4.78 is 15.5. The van der Waals surface area contributed by atoms with Gasteiger partial charge in [-0.25, -0.2) is 14.1 Å². The van der Waals surface area contributed by atoms with Gasteiger partial charge in [-0.05, 0) is 26.0 Å². The molecule has 2 heterocycles. The topological polar surface area (TPSA) is 72.7 Å². The van der Waals surface area contributed by atoms with Crippen LogP contribution < -0.4 is 5.32 Å². The normalized spacial score (nSPS) is 11.0. The average molecular weight is 345 g/mol. The molecule has 0 radical (unpaired) electrons. The van der Waals surface area contributed by atoms with Crippen molar-refractivity contribution in [3.05, 3.63) is 53.0 Å². The first kappa shape index (κ1) is 16.3. The zero-order valence-corrected chi connectivity index (χ0v) is 14.0. The van der Waals surface area contributed by atoms with Crippen molar-refractivity contribution in [1.82, 2.24) is 25.3 Å². The fourth-order valence-corrected chi connectivity index (χ4v) is 2.90. The smallest absolute Gasteiger partial charge is 0.263 e. The predicted molar refractivity (Wildman–Crippen MR) is 89.1 cm³/mol. The minimum Gasteiger partial charge on any atom is -0.346 e. The number of rotatable bonds is 5. The van der Waals surface area contributed by atoms with Crippen LogP contribution in [-0.4, -0.2) is 25.9 Å². The van der Waals surface area contributed by atoms with Gasteiger partial charge in [0.2, 0.25) is 0 Å². The van der Waals surface area contributed by atoms with E-state index in [9.17, 15) is 9.18 Å².